The Kier molecular flexibility index (Phi) is 3.36. The summed E-state index contributed by atoms with van der Waals surface area (Å²) in [5.74, 6) is 0. The molecule has 4 heteroatoms. The third-order valence-corrected chi connectivity index (χ3v) is 2.02. The average molecular weight is 158 g/mol. The van der Waals surface area contributed by atoms with E-state index < -0.39 is 0 Å². The first-order valence-electron chi connectivity index (χ1n) is 3.95. The number of hydrogen-bond acceptors (Lipinski definition) is 3. The summed E-state index contributed by atoms with van der Waals surface area (Å²) in [6.45, 7) is 0.628. The Hall–Kier alpha value is -0.0551. The summed E-state index contributed by atoms with van der Waals surface area (Å²) < 4.78 is 15.8. The van der Waals surface area contributed by atoms with Crippen molar-refractivity contribution in [3.05, 3.63) is 0 Å². The molecule has 0 saturated carbocycles. The van der Waals surface area contributed by atoms with Crippen molar-refractivity contribution in [1.82, 2.24) is 0 Å². The lowest BCUT2D eigenvalue weighted by Crippen LogP contribution is -2.27. The van der Waals surface area contributed by atoms with Gasteiger partial charge in [-0.1, -0.05) is 0 Å². The molecule has 1 aliphatic rings. The average Bonchev–Trinajstić information content (AvgIpc) is 2.32. The summed E-state index contributed by atoms with van der Waals surface area (Å²) in [6, 6.07) is 0.306. The van der Waals surface area contributed by atoms with Crippen LogP contribution in [-0.4, -0.2) is 46.9 Å². The van der Waals surface area contributed by atoms with Crippen LogP contribution in [0.3, 0.4) is 0 Å². The van der Waals surface area contributed by atoms with Crippen LogP contribution in [0.5, 0.6) is 0 Å². The minimum absolute atomic E-state index is 0.125. The lowest BCUT2D eigenvalue weighted by Gasteiger charge is -2.15. The van der Waals surface area contributed by atoms with E-state index in [0.717, 1.165) is 6.42 Å². The van der Waals surface area contributed by atoms with E-state index in [-0.39, 0.29) is 12.2 Å². The molecule has 1 aliphatic heterocycles. The fraction of sp³-hybridized carbons (Fsp3) is 1.00. The van der Waals surface area contributed by atoms with Crippen LogP contribution in [0.1, 0.15) is 6.42 Å². The van der Waals surface area contributed by atoms with E-state index in [9.17, 15) is 0 Å². The normalized spacial score (nSPS) is 37.8. The SMILES string of the molecule is B[C@H]1C[C@H](OC)[C@@H](COC)O1. The fourth-order valence-electron chi connectivity index (χ4n) is 1.48. The molecule has 0 N–H and O–H groups in total. The zero-order valence-corrected chi connectivity index (χ0v) is 7.37. The molecule has 1 rings (SSSR count). The van der Waals surface area contributed by atoms with Crippen LogP contribution in [0.25, 0.3) is 0 Å². The molecule has 1 fully saturated rings. The second kappa shape index (κ2) is 4.09. The van der Waals surface area contributed by atoms with Crippen LogP contribution in [0.2, 0.25) is 0 Å². The van der Waals surface area contributed by atoms with Crippen molar-refractivity contribution in [3.63, 3.8) is 0 Å². The van der Waals surface area contributed by atoms with E-state index in [2.05, 4.69) is 7.85 Å². The second-order valence-electron chi connectivity index (χ2n) is 2.95. The molecule has 0 aromatic carbocycles. The van der Waals surface area contributed by atoms with E-state index in [1.165, 1.54) is 0 Å². The van der Waals surface area contributed by atoms with E-state index in [0.29, 0.717) is 12.6 Å². The highest BCUT2D eigenvalue weighted by Crippen LogP contribution is 2.20. The predicted molar refractivity (Wildman–Crippen MR) is 44.5 cm³/mol. The zero-order chi connectivity index (χ0) is 8.27. The van der Waals surface area contributed by atoms with E-state index in [4.69, 9.17) is 14.2 Å². The van der Waals surface area contributed by atoms with Gasteiger partial charge in [0.1, 0.15) is 14.0 Å². The van der Waals surface area contributed by atoms with Crippen LogP contribution in [-0.2, 0) is 14.2 Å². The van der Waals surface area contributed by atoms with Crippen LogP contribution < -0.4 is 0 Å². The molecule has 0 aromatic rings. The van der Waals surface area contributed by atoms with Gasteiger partial charge < -0.3 is 14.2 Å². The summed E-state index contributed by atoms with van der Waals surface area (Å²) >= 11 is 0. The van der Waals surface area contributed by atoms with Gasteiger partial charge in [0.15, 0.2) is 0 Å². The van der Waals surface area contributed by atoms with Crippen molar-refractivity contribution in [1.29, 1.82) is 0 Å². The molecule has 64 valence electrons. The summed E-state index contributed by atoms with van der Waals surface area (Å²) in [7, 11) is 5.45. The lowest BCUT2D eigenvalue weighted by atomic mass is 9.96. The van der Waals surface area contributed by atoms with Gasteiger partial charge >= 0.3 is 0 Å². The maximum absolute atomic E-state index is 5.56. The molecule has 1 heterocycles. The minimum atomic E-state index is 0.125. The van der Waals surface area contributed by atoms with Gasteiger partial charge in [-0.3, -0.25) is 0 Å². The molecule has 11 heavy (non-hydrogen) atoms. The van der Waals surface area contributed by atoms with Crippen LogP contribution in [0.4, 0.5) is 0 Å². The Morgan fingerprint density at radius 1 is 1.55 bits per heavy atom. The van der Waals surface area contributed by atoms with Crippen LogP contribution in [0.15, 0.2) is 0 Å². The summed E-state index contributed by atoms with van der Waals surface area (Å²) in [5, 5.41) is 0. The van der Waals surface area contributed by atoms with Crippen molar-refractivity contribution in [2.75, 3.05) is 20.8 Å². The van der Waals surface area contributed by atoms with Crippen LogP contribution >= 0.6 is 0 Å². The molecule has 0 unspecified atom stereocenters. The molecule has 3 atom stereocenters. The first kappa shape index (κ1) is 9.04. The van der Waals surface area contributed by atoms with Crippen molar-refractivity contribution >= 4 is 7.85 Å². The van der Waals surface area contributed by atoms with Crippen LogP contribution in [0, 0.1) is 0 Å². The van der Waals surface area contributed by atoms with E-state index >= 15 is 0 Å². The highest BCUT2D eigenvalue weighted by Gasteiger charge is 2.32. The summed E-state index contributed by atoms with van der Waals surface area (Å²) in [4.78, 5) is 0. The topological polar surface area (TPSA) is 27.7 Å². The van der Waals surface area contributed by atoms with Crippen molar-refractivity contribution in [3.8, 4) is 0 Å². The molecule has 1 saturated heterocycles. The van der Waals surface area contributed by atoms with Crippen molar-refractivity contribution < 1.29 is 14.2 Å². The maximum Gasteiger partial charge on any atom is 0.139 e. The van der Waals surface area contributed by atoms with E-state index in [1.807, 2.05) is 0 Å². The van der Waals surface area contributed by atoms with Gasteiger partial charge in [-0.05, 0) is 6.42 Å². The van der Waals surface area contributed by atoms with Gasteiger partial charge in [0, 0.05) is 20.2 Å². The Bertz CT molecular complexity index is 120. The zero-order valence-electron chi connectivity index (χ0n) is 7.37. The highest BCUT2D eigenvalue weighted by molar-refractivity contribution is 6.11. The Morgan fingerprint density at radius 2 is 2.27 bits per heavy atom. The van der Waals surface area contributed by atoms with Gasteiger partial charge in [-0.2, -0.15) is 0 Å². The minimum Gasteiger partial charge on any atom is -0.382 e. The molecule has 0 radical (unpaired) electrons. The summed E-state index contributed by atoms with van der Waals surface area (Å²) in [5.41, 5.74) is 0. The molecular weight excluding hydrogens is 143 g/mol. The Labute approximate surface area is 68.4 Å². The standard InChI is InChI=1S/C7H15BO3/c1-9-4-6-5(10-2)3-7(8)11-6/h5-7H,3-4,8H2,1-2H3/t5-,6+,7+/m0/s1. The second-order valence-corrected chi connectivity index (χ2v) is 2.95. The quantitative estimate of drug-likeness (QED) is 0.513. The lowest BCUT2D eigenvalue weighted by molar-refractivity contribution is -0.0315. The molecule has 0 aliphatic carbocycles. The number of rotatable bonds is 3. The maximum atomic E-state index is 5.56. The molecule has 0 spiro atoms. The number of hydrogen-bond donors (Lipinski definition) is 0. The molecule has 0 bridgehead atoms. The van der Waals surface area contributed by atoms with Crippen molar-refractivity contribution in [2.24, 2.45) is 0 Å². The first-order chi connectivity index (χ1) is 5.27. The van der Waals surface area contributed by atoms with Gasteiger partial charge in [-0.25, -0.2) is 0 Å². The predicted octanol–water partition coefficient (Wildman–Crippen LogP) is -0.604. The smallest absolute Gasteiger partial charge is 0.139 e. The highest BCUT2D eigenvalue weighted by atomic mass is 16.6. The Balaban J connectivity index is 2.37. The van der Waals surface area contributed by atoms with Gasteiger partial charge in [-0.15, -0.1) is 0 Å². The first-order valence-corrected chi connectivity index (χ1v) is 3.95. The third-order valence-electron chi connectivity index (χ3n) is 2.02. The third kappa shape index (κ3) is 2.19. The van der Waals surface area contributed by atoms with Gasteiger partial charge in [0.2, 0.25) is 0 Å². The summed E-state index contributed by atoms with van der Waals surface area (Å²) in [6.07, 6.45) is 1.31. The van der Waals surface area contributed by atoms with Gasteiger partial charge in [0.05, 0.1) is 12.7 Å². The molecule has 3 nitrogen and oxygen atoms in total. The number of ether oxygens (including phenoxy) is 3. The molecular formula is C7H15BO3. The number of methoxy groups -OCH3 is 2. The monoisotopic (exact) mass is 158 g/mol. The molecule has 0 aromatic heterocycles. The Morgan fingerprint density at radius 3 is 2.82 bits per heavy atom. The van der Waals surface area contributed by atoms with Crippen molar-refractivity contribution in [2.45, 2.75) is 24.6 Å². The fourth-order valence-corrected chi connectivity index (χ4v) is 1.48. The largest absolute Gasteiger partial charge is 0.382 e. The van der Waals surface area contributed by atoms with E-state index in [1.54, 1.807) is 14.2 Å². The van der Waals surface area contributed by atoms with Gasteiger partial charge in [0.25, 0.3) is 0 Å². The molecule has 0 amide bonds.